The predicted molar refractivity (Wildman–Crippen MR) is 51.7 cm³/mol. The molecule has 1 heterocycles. The molecule has 0 saturated carbocycles. The first-order chi connectivity index (χ1) is 6.73. The van der Waals surface area contributed by atoms with Gasteiger partial charge in [0.1, 0.15) is 5.76 Å². The van der Waals surface area contributed by atoms with Crippen LogP contribution in [0.25, 0.3) is 0 Å². The molecular formula is C10H16FNO2. The summed E-state index contributed by atoms with van der Waals surface area (Å²) in [5.74, 6) is 0.313. The molecule has 0 spiro atoms. The van der Waals surface area contributed by atoms with Crippen molar-refractivity contribution < 1.29 is 13.5 Å². The van der Waals surface area contributed by atoms with E-state index in [1.807, 2.05) is 0 Å². The van der Waals surface area contributed by atoms with Crippen molar-refractivity contribution in [2.24, 2.45) is 5.73 Å². The fourth-order valence-corrected chi connectivity index (χ4v) is 1.41. The number of nitrogens with two attached hydrogens (primary N) is 1. The largest absolute Gasteiger partial charge is 0.466 e. The van der Waals surface area contributed by atoms with Crippen molar-refractivity contribution in [2.45, 2.75) is 18.5 Å². The summed E-state index contributed by atoms with van der Waals surface area (Å²) in [5.41, 5.74) is 3.80. The lowest BCUT2D eigenvalue weighted by molar-refractivity contribution is 0.0141. The van der Waals surface area contributed by atoms with E-state index in [1.165, 1.54) is 13.4 Å². The third-order valence-corrected chi connectivity index (χ3v) is 2.11. The molecule has 1 aromatic heterocycles. The van der Waals surface area contributed by atoms with Gasteiger partial charge in [-0.15, -0.1) is 0 Å². The van der Waals surface area contributed by atoms with E-state index in [4.69, 9.17) is 14.9 Å². The van der Waals surface area contributed by atoms with Crippen LogP contribution in [-0.4, -0.2) is 20.3 Å². The normalized spacial score (nSPS) is 15.4. The lowest BCUT2D eigenvalue weighted by Gasteiger charge is -2.21. The van der Waals surface area contributed by atoms with Gasteiger partial charge in [-0.05, 0) is 31.5 Å². The highest BCUT2D eigenvalue weighted by molar-refractivity contribution is 5.09. The summed E-state index contributed by atoms with van der Waals surface area (Å²) in [6.07, 6.45) is 2.40. The Labute approximate surface area is 83.0 Å². The van der Waals surface area contributed by atoms with E-state index < -0.39 is 5.67 Å². The summed E-state index contributed by atoms with van der Waals surface area (Å²) in [6, 6.07) is 3.29. The minimum atomic E-state index is -1.54. The maximum atomic E-state index is 14.3. The second-order valence-corrected chi connectivity index (χ2v) is 3.27. The Morgan fingerprint density at radius 2 is 2.43 bits per heavy atom. The van der Waals surface area contributed by atoms with Gasteiger partial charge in [0.25, 0.3) is 0 Å². The van der Waals surface area contributed by atoms with Gasteiger partial charge in [-0.2, -0.15) is 0 Å². The molecule has 2 N–H and O–H groups in total. The Balaban J connectivity index is 2.70. The lowest BCUT2D eigenvalue weighted by Crippen LogP contribution is -2.26. The van der Waals surface area contributed by atoms with Crippen LogP contribution in [0.5, 0.6) is 0 Å². The first-order valence-electron chi connectivity index (χ1n) is 4.65. The van der Waals surface area contributed by atoms with Crippen LogP contribution in [0.2, 0.25) is 0 Å². The molecule has 14 heavy (non-hydrogen) atoms. The zero-order valence-corrected chi connectivity index (χ0v) is 8.33. The van der Waals surface area contributed by atoms with Gasteiger partial charge in [-0.1, -0.05) is 0 Å². The van der Waals surface area contributed by atoms with E-state index in [1.54, 1.807) is 12.1 Å². The van der Waals surface area contributed by atoms with Gasteiger partial charge >= 0.3 is 0 Å². The zero-order chi connectivity index (χ0) is 10.4. The molecule has 1 atom stereocenters. The molecule has 0 aromatic carbocycles. The predicted octanol–water partition coefficient (Wildman–Crippen LogP) is 1.83. The standard InChI is InChI=1S/C10H16FNO2/c1-13-8-10(11,5-3-6-12)9-4-2-7-14-9/h2,4,7H,3,5-6,8,12H2,1H3. The topological polar surface area (TPSA) is 48.4 Å². The fourth-order valence-electron chi connectivity index (χ4n) is 1.41. The van der Waals surface area contributed by atoms with Crippen LogP contribution < -0.4 is 5.73 Å². The number of methoxy groups -OCH3 is 1. The van der Waals surface area contributed by atoms with E-state index >= 15 is 0 Å². The first-order valence-corrected chi connectivity index (χ1v) is 4.65. The molecule has 80 valence electrons. The molecule has 1 rings (SSSR count). The van der Waals surface area contributed by atoms with Gasteiger partial charge in [0.05, 0.1) is 12.9 Å². The van der Waals surface area contributed by atoms with Crippen LogP contribution in [0.1, 0.15) is 18.6 Å². The Morgan fingerprint density at radius 1 is 1.64 bits per heavy atom. The van der Waals surface area contributed by atoms with Gasteiger partial charge in [0.15, 0.2) is 5.67 Å². The summed E-state index contributed by atoms with van der Waals surface area (Å²) < 4.78 is 24.2. The van der Waals surface area contributed by atoms with Crippen molar-refractivity contribution in [3.8, 4) is 0 Å². The van der Waals surface area contributed by atoms with E-state index in [9.17, 15) is 4.39 Å². The van der Waals surface area contributed by atoms with E-state index in [2.05, 4.69) is 0 Å². The molecule has 0 fully saturated rings. The summed E-state index contributed by atoms with van der Waals surface area (Å²) in [6.45, 7) is 0.469. The van der Waals surface area contributed by atoms with Crippen LogP contribution in [0.4, 0.5) is 4.39 Å². The molecule has 0 radical (unpaired) electrons. The maximum Gasteiger partial charge on any atom is 0.191 e. The minimum absolute atomic E-state index is 0.000509. The smallest absolute Gasteiger partial charge is 0.191 e. The van der Waals surface area contributed by atoms with Gasteiger partial charge in [-0.3, -0.25) is 0 Å². The number of ether oxygens (including phenoxy) is 1. The SMILES string of the molecule is COCC(F)(CCCN)c1ccco1. The van der Waals surface area contributed by atoms with Crippen LogP contribution in [0.3, 0.4) is 0 Å². The molecule has 0 bridgehead atoms. The second kappa shape index (κ2) is 5.12. The van der Waals surface area contributed by atoms with Gasteiger partial charge in [-0.25, -0.2) is 4.39 Å². The summed E-state index contributed by atoms with van der Waals surface area (Å²) in [5, 5.41) is 0. The molecule has 4 heteroatoms. The molecule has 1 unspecified atom stereocenters. The second-order valence-electron chi connectivity index (χ2n) is 3.27. The Hall–Kier alpha value is -0.870. The average molecular weight is 201 g/mol. The number of furan rings is 1. The summed E-state index contributed by atoms with van der Waals surface area (Å²) in [7, 11) is 1.47. The van der Waals surface area contributed by atoms with Crippen LogP contribution >= 0.6 is 0 Å². The van der Waals surface area contributed by atoms with Gasteiger partial charge in [0, 0.05) is 7.11 Å². The van der Waals surface area contributed by atoms with Gasteiger partial charge in [0.2, 0.25) is 0 Å². The highest BCUT2D eigenvalue weighted by atomic mass is 19.1. The highest BCUT2D eigenvalue weighted by Crippen LogP contribution is 2.31. The van der Waals surface area contributed by atoms with Crippen molar-refractivity contribution in [3.63, 3.8) is 0 Å². The Kier molecular flexibility index (Phi) is 4.10. The molecule has 0 aliphatic heterocycles. The fraction of sp³-hybridized carbons (Fsp3) is 0.600. The first kappa shape index (κ1) is 11.2. The lowest BCUT2D eigenvalue weighted by atomic mass is 9.98. The quantitative estimate of drug-likeness (QED) is 0.763. The molecule has 1 aromatic rings. The van der Waals surface area contributed by atoms with Crippen molar-refractivity contribution >= 4 is 0 Å². The van der Waals surface area contributed by atoms with Crippen molar-refractivity contribution in [1.82, 2.24) is 0 Å². The maximum absolute atomic E-state index is 14.3. The number of hydrogen-bond acceptors (Lipinski definition) is 3. The van der Waals surface area contributed by atoms with Crippen molar-refractivity contribution in [2.75, 3.05) is 20.3 Å². The molecule has 0 aliphatic rings. The van der Waals surface area contributed by atoms with Crippen molar-refractivity contribution in [3.05, 3.63) is 24.2 Å². The van der Waals surface area contributed by atoms with Crippen LogP contribution in [-0.2, 0) is 10.4 Å². The molecular weight excluding hydrogens is 185 g/mol. The highest BCUT2D eigenvalue weighted by Gasteiger charge is 2.34. The average Bonchev–Trinajstić information content (AvgIpc) is 2.68. The number of hydrogen-bond donors (Lipinski definition) is 1. The Morgan fingerprint density at radius 3 is 2.93 bits per heavy atom. The summed E-state index contributed by atoms with van der Waals surface area (Å²) >= 11 is 0. The molecule has 3 nitrogen and oxygen atoms in total. The van der Waals surface area contributed by atoms with E-state index in [0.717, 1.165) is 0 Å². The minimum Gasteiger partial charge on any atom is -0.466 e. The monoisotopic (exact) mass is 201 g/mol. The zero-order valence-electron chi connectivity index (χ0n) is 8.33. The van der Waals surface area contributed by atoms with Crippen LogP contribution in [0.15, 0.2) is 22.8 Å². The van der Waals surface area contributed by atoms with E-state index in [-0.39, 0.29) is 6.61 Å². The number of halogens is 1. The number of rotatable bonds is 6. The molecule has 0 aliphatic carbocycles. The summed E-state index contributed by atoms with van der Waals surface area (Å²) in [4.78, 5) is 0. The van der Waals surface area contributed by atoms with E-state index in [0.29, 0.717) is 25.1 Å². The molecule has 0 saturated heterocycles. The molecule has 0 amide bonds. The van der Waals surface area contributed by atoms with Gasteiger partial charge < -0.3 is 14.9 Å². The number of alkyl halides is 1. The third-order valence-electron chi connectivity index (χ3n) is 2.11. The third kappa shape index (κ3) is 2.56. The van der Waals surface area contributed by atoms with Crippen molar-refractivity contribution in [1.29, 1.82) is 0 Å². The van der Waals surface area contributed by atoms with Crippen LogP contribution in [0, 0.1) is 0 Å². The Bertz CT molecular complexity index is 251.